The summed E-state index contributed by atoms with van der Waals surface area (Å²) < 4.78 is 15.1. The van der Waals surface area contributed by atoms with Crippen molar-refractivity contribution in [2.45, 2.75) is 19.4 Å². The molecule has 0 spiro atoms. The monoisotopic (exact) mass is 287 g/mol. The first-order valence-corrected chi connectivity index (χ1v) is 6.49. The molecule has 6 heteroatoms. The largest absolute Gasteiger partial charge is 0.248 e. The molecule has 0 saturated carbocycles. The van der Waals surface area contributed by atoms with Crippen molar-refractivity contribution in [2.75, 3.05) is 5.88 Å². The Hall–Kier alpha value is -1.13. The normalized spacial score (nSPS) is 10.8. The Morgan fingerprint density at radius 2 is 2.17 bits per heavy atom. The van der Waals surface area contributed by atoms with Gasteiger partial charge in [0.25, 0.3) is 0 Å². The second-order valence-electron chi connectivity index (χ2n) is 3.94. The molecule has 0 amide bonds. The lowest BCUT2D eigenvalue weighted by molar-refractivity contribution is 0.577. The fourth-order valence-electron chi connectivity index (χ4n) is 1.62. The molecule has 2 rings (SSSR count). The van der Waals surface area contributed by atoms with Crippen LogP contribution in [-0.4, -0.2) is 20.9 Å². The van der Waals surface area contributed by atoms with Gasteiger partial charge in [-0.2, -0.15) is 0 Å². The van der Waals surface area contributed by atoms with Crippen molar-refractivity contribution in [2.24, 2.45) is 0 Å². The van der Waals surface area contributed by atoms with Crippen LogP contribution in [-0.2, 0) is 13.0 Å². The number of alkyl halides is 1. The molecule has 0 aliphatic rings. The van der Waals surface area contributed by atoms with E-state index in [1.807, 2.05) is 0 Å². The molecule has 0 saturated heterocycles. The van der Waals surface area contributed by atoms with E-state index in [1.54, 1.807) is 16.9 Å². The van der Waals surface area contributed by atoms with E-state index in [-0.39, 0.29) is 5.82 Å². The molecule has 0 bridgehead atoms. The average Bonchev–Trinajstić information content (AvgIpc) is 2.79. The highest BCUT2D eigenvalue weighted by Gasteiger charge is 2.06. The zero-order chi connectivity index (χ0) is 13.0. The van der Waals surface area contributed by atoms with Gasteiger partial charge in [-0.1, -0.05) is 16.8 Å². The van der Waals surface area contributed by atoms with Gasteiger partial charge >= 0.3 is 0 Å². The Balaban J connectivity index is 2.08. The third-order valence-corrected chi connectivity index (χ3v) is 3.00. The molecule has 18 heavy (non-hydrogen) atoms. The average molecular weight is 288 g/mol. The molecule has 0 radical (unpaired) electrons. The fourth-order valence-corrected chi connectivity index (χ4v) is 1.95. The number of hydrogen-bond acceptors (Lipinski definition) is 2. The van der Waals surface area contributed by atoms with Gasteiger partial charge in [-0.05, 0) is 31.0 Å². The van der Waals surface area contributed by atoms with Gasteiger partial charge in [0.05, 0.1) is 12.2 Å². The first-order chi connectivity index (χ1) is 8.69. The minimum atomic E-state index is -0.294. The van der Waals surface area contributed by atoms with Crippen molar-refractivity contribution in [3.05, 3.63) is 46.5 Å². The van der Waals surface area contributed by atoms with Crippen molar-refractivity contribution >= 4 is 23.2 Å². The number of benzene rings is 1. The van der Waals surface area contributed by atoms with Crippen LogP contribution in [0.15, 0.2) is 24.4 Å². The van der Waals surface area contributed by atoms with Crippen molar-refractivity contribution in [3.8, 4) is 0 Å². The fraction of sp³-hybridized carbons (Fsp3) is 0.333. The summed E-state index contributed by atoms with van der Waals surface area (Å²) in [4.78, 5) is 0. The summed E-state index contributed by atoms with van der Waals surface area (Å²) in [5.41, 5.74) is 1.36. The molecule has 1 aromatic carbocycles. The van der Waals surface area contributed by atoms with Gasteiger partial charge in [0.2, 0.25) is 0 Å². The van der Waals surface area contributed by atoms with Gasteiger partial charge in [0.1, 0.15) is 5.82 Å². The van der Waals surface area contributed by atoms with E-state index < -0.39 is 0 Å². The van der Waals surface area contributed by atoms with Crippen LogP contribution in [0.3, 0.4) is 0 Å². The predicted molar refractivity (Wildman–Crippen MR) is 69.6 cm³/mol. The van der Waals surface area contributed by atoms with Crippen LogP contribution < -0.4 is 0 Å². The maximum absolute atomic E-state index is 13.5. The maximum atomic E-state index is 13.5. The second-order valence-corrected chi connectivity index (χ2v) is 4.75. The van der Waals surface area contributed by atoms with E-state index >= 15 is 0 Å². The van der Waals surface area contributed by atoms with Crippen molar-refractivity contribution in [1.29, 1.82) is 0 Å². The highest BCUT2D eigenvalue weighted by atomic mass is 35.5. The molecular weight excluding hydrogens is 276 g/mol. The summed E-state index contributed by atoms with van der Waals surface area (Å²) in [5.74, 6) is 0.299. The van der Waals surface area contributed by atoms with Crippen LogP contribution in [0, 0.1) is 5.82 Å². The second kappa shape index (κ2) is 6.16. The Labute approximate surface area is 115 Å². The molecule has 0 fully saturated rings. The molecule has 96 valence electrons. The van der Waals surface area contributed by atoms with Gasteiger partial charge in [0.15, 0.2) is 0 Å². The van der Waals surface area contributed by atoms with E-state index in [0.29, 0.717) is 23.0 Å². The molecular formula is C12H12Cl2FN3. The summed E-state index contributed by atoms with van der Waals surface area (Å²) in [6.45, 7) is 0.320. The number of aromatic nitrogens is 3. The SMILES string of the molecule is Fc1ccc(Cl)cc1Cn1cc(CCCCl)nn1. The Morgan fingerprint density at radius 3 is 2.94 bits per heavy atom. The zero-order valence-electron chi connectivity index (χ0n) is 9.61. The number of rotatable bonds is 5. The Morgan fingerprint density at radius 1 is 1.33 bits per heavy atom. The van der Waals surface area contributed by atoms with Gasteiger partial charge < -0.3 is 0 Å². The zero-order valence-corrected chi connectivity index (χ0v) is 11.1. The molecule has 0 unspecified atom stereocenters. The first-order valence-electron chi connectivity index (χ1n) is 5.58. The Bertz CT molecular complexity index is 528. The van der Waals surface area contributed by atoms with Crippen LogP contribution in [0.4, 0.5) is 4.39 Å². The minimum Gasteiger partial charge on any atom is -0.248 e. The third kappa shape index (κ3) is 3.43. The van der Waals surface area contributed by atoms with E-state index in [4.69, 9.17) is 23.2 Å². The predicted octanol–water partition coefficient (Wildman–Crippen LogP) is 3.29. The molecule has 0 N–H and O–H groups in total. The molecule has 0 aliphatic heterocycles. The van der Waals surface area contributed by atoms with Crippen LogP contribution >= 0.6 is 23.2 Å². The highest BCUT2D eigenvalue weighted by molar-refractivity contribution is 6.30. The summed E-state index contributed by atoms with van der Waals surface area (Å²) in [6.07, 6.45) is 3.43. The van der Waals surface area contributed by atoms with Crippen LogP contribution in [0.1, 0.15) is 17.7 Å². The van der Waals surface area contributed by atoms with Crippen LogP contribution in [0.2, 0.25) is 5.02 Å². The molecule has 1 aromatic heterocycles. The van der Waals surface area contributed by atoms with E-state index in [0.717, 1.165) is 18.5 Å². The maximum Gasteiger partial charge on any atom is 0.128 e. The summed E-state index contributed by atoms with van der Waals surface area (Å²) >= 11 is 11.4. The number of nitrogens with zero attached hydrogens (tertiary/aromatic N) is 3. The van der Waals surface area contributed by atoms with Gasteiger partial charge in [0, 0.05) is 22.7 Å². The van der Waals surface area contributed by atoms with Crippen molar-refractivity contribution in [1.82, 2.24) is 15.0 Å². The number of aryl methyl sites for hydroxylation is 1. The standard InChI is InChI=1S/C12H12Cl2FN3/c13-5-1-2-11-8-18(17-16-11)7-9-6-10(14)3-4-12(9)15/h3-4,6,8H,1-2,5,7H2. The van der Waals surface area contributed by atoms with Gasteiger partial charge in [-0.25, -0.2) is 9.07 Å². The van der Waals surface area contributed by atoms with E-state index in [9.17, 15) is 4.39 Å². The lowest BCUT2D eigenvalue weighted by Crippen LogP contribution is -2.02. The summed E-state index contributed by atoms with van der Waals surface area (Å²) in [5, 5.41) is 8.46. The topological polar surface area (TPSA) is 30.7 Å². The summed E-state index contributed by atoms with van der Waals surface area (Å²) in [7, 11) is 0. The Kier molecular flexibility index (Phi) is 4.55. The quantitative estimate of drug-likeness (QED) is 0.790. The van der Waals surface area contributed by atoms with Crippen molar-refractivity contribution in [3.63, 3.8) is 0 Å². The number of halogens is 3. The van der Waals surface area contributed by atoms with E-state index in [2.05, 4.69) is 10.3 Å². The van der Waals surface area contributed by atoms with Crippen LogP contribution in [0.25, 0.3) is 0 Å². The molecule has 0 atom stereocenters. The van der Waals surface area contributed by atoms with Gasteiger partial charge in [-0.3, -0.25) is 0 Å². The smallest absolute Gasteiger partial charge is 0.128 e. The minimum absolute atomic E-state index is 0.294. The van der Waals surface area contributed by atoms with Gasteiger partial charge in [-0.15, -0.1) is 16.7 Å². The van der Waals surface area contributed by atoms with Crippen molar-refractivity contribution < 1.29 is 4.39 Å². The molecule has 1 heterocycles. The molecule has 2 aromatic rings. The third-order valence-electron chi connectivity index (χ3n) is 2.49. The lowest BCUT2D eigenvalue weighted by Gasteiger charge is -2.03. The van der Waals surface area contributed by atoms with E-state index in [1.165, 1.54) is 12.1 Å². The molecule has 0 aliphatic carbocycles. The lowest BCUT2D eigenvalue weighted by atomic mass is 10.2. The molecule has 3 nitrogen and oxygen atoms in total. The number of hydrogen-bond donors (Lipinski definition) is 0. The highest BCUT2D eigenvalue weighted by Crippen LogP contribution is 2.15. The van der Waals surface area contributed by atoms with Crippen LogP contribution in [0.5, 0.6) is 0 Å². The first kappa shape index (κ1) is 13.3. The summed E-state index contributed by atoms with van der Waals surface area (Å²) in [6, 6.07) is 4.47.